The van der Waals surface area contributed by atoms with Gasteiger partial charge >= 0.3 is 22.4 Å². The van der Waals surface area contributed by atoms with Gasteiger partial charge in [0.15, 0.2) is 0 Å². The third-order valence-corrected chi connectivity index (χ3v) is 0. The molecular formula is HAgClNO3. The molecule has 0 radical (unpaired) electrons. The van der Waals surface area contributed by atoms with Crippen molar-refractivity contribution in [3.05, 3.63) is 15.3 Å². The molecule has 0 fully saturated rings. The summed E-state index contributed by atoms with van der Waals surface area (Å²) in [6, 6.07) is 0. The minimum absolute atomic E-state index is 0. The smallest absolute Gasteiger partial charge is 0.356 e. The van der Waals surface area contributed by atoms with Crippen molar-refractivity contribution in [2.45, 2.75) is 0 Å². The molecule has 6 heteroatoms. The summed E-state index contributed by atoms with van der Waals surface area (Å²) in [6.45, 7) is 0. The Morgan fingerprint density at radius 1 is 1.33 bits per heavy atom. The monoisotopic (exact) mass is 205 g/mol. The zero-order chi connectivity index (χ0) is 3.58. The van der Waals surface area contributed by atoms with Crippen molar-refractivity contribution < 1.29 is 27.5 Å². The van der Waals surface area contributed by atoms with Crippen LogP contribution in [0.1, 0.15) is 0 Å². The second-order valence-corrected chi connectivity index (χ2v) is 0.224. The van der Waals surface area contributed by atoms with Crippen molar-refractivity contribution in [3.8, 4) is 0 Å². The topological polar surface area (TPSA) is 66.2 Å². The molecule has 0 saturated heterocycles. The van der Waals surface area contributed by atoms with Crippen molar-refractivity contribution in [1.82, 2.24) is 0 Å². The van der Waals surface area contributed by atoms with Gasteiger partial charge in [0, 0.05) is 0 Å². The van der Waals surface area contributed by atoms with Crippen LogP contribution in [0.3, 0.4) is 0 Å². The first-order chi connectivity index (χ1) is 1.73. The molecule has 42 valence electrons. The zero-order valence-corrected chi connectivity index (χ0v) is 4.68. The number of hydrogen-bond acceptors (Lipinski definition) is 3. The Labute approximate surface area is 55.6 Å². The van der Waals surface area contributed by atoms with E-state index >= 15 is 0 Å². The predicted molar refractivity (Wildman–Crippen MR) is 17.6 cm³/mol. The van der Waals surface area contributed by atoms with E-state index in [-0.39, 0.29) is 34.8 Å². The molecule has 0 bridgehead atoms. The summed E-state index contributed by atoms with van der Waals surface area (Å²) in [7, 11) is 0. The van der Waals surface area contributed by atoms with Crippen LogP contribution >= 0.6 is 12.4 Å². The molecule has 0 aliphatic carbocycles. The standard InChI is InChI=1S/Ag.ClH.NO3/c;;2-1(3)4/h;1H;/q+1;;-1. The first-order valence-corrected chi connectivity index (χ1v) is 0.548. The van der Waals surface area contributed by atoms with Crippen molar-refractivity contribution >= 4 is 12.4 Å². The number of rotatable bonds is 0. The van der Waals surface area contributed by atoms with Gasteiger partial charge in [-0.15, -0.1) is 12.4 Å². The van der Waals surface area contributed by atoms with Crippen LogP contribution in [0.15, 0.2) is 0 Å². The molecule has 0 aliphatic rings. The molecule has 0 N–H and O–H groups in total. The average molecular weight is 206 g/mol. The van der Waals surface area contributed by atoms with Gasteiger partial charge in [0.2, 0.25) is 0 Å². The van der Waals surface area contributed by atoms with E-state index < -0.39 is 5.09 Å². The molecule has 0 aromatic heterocycles. The Hall–Kier alpha value is 0.230. The van der Waals surface area contributed by atoms with Gasteiger partial charge in [-0.25, -0.2) is 0 Å². The second-order valence-electron chi connectivity index (χ2n) is 0.224. The van der Waals surface area contributed by atoms with Gasteiger partial charge < -0.3 is 15.3 Å². The molecule has 0 atom stereocenters. The second kappa shape index (κ2) is 8.97. The molecule has 6 heavy (non-hydrogen) atoms. The van der Waals surface area contributed by atoms with Crippen LogP contribution in [-0.2, 0) is 22.4 Å². The molecule has 0 amide bonds. The minimum atomic E-state index is -1.75. The van der Waals surface area contributed by atoms with E-state index in [1.54, 1.807) is 0 Å². The fourth-order valence-corrected chi connectivity index (χ4v) is 0. The van der Waals surface area contributed by atoms with Crippen LogP contribution in [0, 0.1) is 15.3 Å². The van der Waals surface area contributed by atoms with E-state index in [1.807, 2.05) is 0 Å². The predicted octanol–water partition coefficient (Wildman–Crippen LogP) is 0.180. The fourth-order valence-electron chi connectivity index (χ4n) is 0. The van der Waals surface area contributed by atoms with E-state index in [9.17, 15) is 0 Å². The Morgan fingerprint density at radius 3 is 1.33 bits per heavy atom. The van der Waals surface area contributed by atoms with Crippen molar-refractivity contribution in [2.24, 2.45) is 0 Å². The third-order valence-electron chi connectivity index (χ3n) is 0. The summed E-state index contributed by atoms with van der Waals surface area (Å²) >= 11 is 0. The van der Waals surface area contributed by atoms with Crippen molar-refractivity contribution in [2.75, 3.05) is 0 Å². The van der Waals surface area contributed by atoms with Gasteiger partial charge in [-0.1, -0.05) is 0 Å². The zero-order valence-electron chi connectivity index (χ0n) is 2.38. The largest absolute Gasteiger partial charge is 1.00 e. The molecule has 0 aromatic rings. The van der Waals surface area contributed by atoms with E-state index in [0.29, 0.717) is 0 Å². The summed E-state index contributed by atoms with van der Waals surface area (Å²) in [4.78, 5) is 8.25. The summed E-state index contributed by atoms with van der Waals surface area (Å²) in [5.41, 5.74) is 0. The van der Waals surface area contributed by atoms with Crippen LogP contribution in [0.4, 0.5) is 0 Å². The molecule has 0 aliphatic heterocycles. The summed E-state index contributed by atoms with van der Waals surface area (Å²) in [5, 5.41) is 14.8. The first-order valence-electron chi connectivity index (χ1n) is 0.548. The summed E-state index contributed by atoms with van der Waals surface area (Å²) in [5.74, 6) is 0. The molecule has 4 nitrogen and oxygen atoms in total. The first kappa shape index (κ1) is 16.3. The van der Waals surface area contributed by atoms with Gasteiger partial charge in [-0.05, 0) is 0 Å². The maximum atomic E-state index is 8.25. The number of nitrogens with zero attached hydrogens (tertiary/aromatic N) is 1. The van der Waals surface area contributed by atoms with Gasteiger partial charge in [0.05, 0.1) is 5.09 Å². The molecule has 0 aromatic carbocycles. The van der Waals surface area contributed by atoms with E-state index in [2.05, 4.69) is 0 Å². The van der Waals surface area contributed by atoms with Crippen LogP contribution in [0.2, 0.25) is 0 Å². The van der Waals surface area contributed by atoms with E-state index in [4.69, 9.17) is 15.3 Å². The molecule has 0 spiro atoms. The quantitative estimate of drug-likeness (QED) is 0.322. The molecule has 0 heterocycles. The maximum absolute atomic E-state index is 8.25. The van der Waals surface area contributed by atoms with Gasteiger partial charge in [-0.3, -0.25) is 0 Å². The molecule has 0 unspecified atom stereocenters. The van der Waals surface area contributed by atoms with Crippen molar-refractivity contribution in [3.63, 3.8) is 0 Å². The van der Waals surface area contributed by atoms with Gasteiger partial charge in [0.1, 0.15) is 0 Å². The third kappa shape index (κ3) is 833. The minimum Gasteiger partial charge on any atom is -0.356 e. The van der Waals surface area contributed by atoms with E-state index in [0.717, 1.165) is 0 Å². The maximum Gasteiger partial charge on any atom is 1.00 e. The fraction of sp³-hybridized carbons (Fsp3) is 0. The summed E-state index contributed by atoms with van der Waals surface area (Å²) < 4.78 is 0. The van der Waals surface area contributed by atoms with Gasteiger partial charge in [-0.2, -0.15) is 0 Å². The van der Waals surface area contributed by atoms with Crippen LogP contribution in [0.5, 0.6) is 0 Å². The Kier molecular flexibility index (Phi) is 24.4. The Bertz CT molecular complexity index is 33.8. The van der Waals surface area contributed by atoms with Crippen LogP contribution in [0.25, 0.3) is 0 Å². The van der Waals surface area contributed by atoms with Gasteiger partial charge in [0.25, 0.3) is 0 Å². The molecular weight excluding hydrogens is 205 g/mol. The van der Waals surface area contributed by atoms with E-state index in [1.165, 1.54) is 0 Å². The Balaban J connectivity index is -0.0000000450. The SMILES string of the molecule is Cl.O=[N+]([O-])[O-].[Ag+]. The molecule has 0 rings (SSSR count). The normalized spacial score (nSPS) is 4.00. The van der Waals surface area contributed by atoms with Crippen LogP contribution < -0.4 is 0 Å². The number of halogens is 1. The van der Waals surface area contributed by atoms with Crippen LogP contribution in [-0.4, -0.2) is 5.09 Å². The summed E-state index contributed by atoms with van der Waals surface area (Å²) in [6.07, 6.45) is 0. The Morgan fingerprint density at radius 2 is 1.33 bits per heavy atom. The molecule has 0 saturated carbocycles. The average Bonchev–Trinajstić information content (AvgIpc) is 0.811. The number of hydrogen-bond donors (Lipinski definition) is 0. The van der Waals surface area contributed by atoms with Crippen molar-refractivity contribution in [1.29, 1.82) is 0 Å².